The Hall–Kier alpha value is -3.32. The van der Waals surface area contributed by atoms with Crippen molar-refractivity contribution < 1.29 is 13.2 Å². The Labute approximate surface area is 171 Å². The van der Waals surface area contributed by atoms with Crippen LogP contribution >= 0.6 is 0 Å². The molecule has 6 nitrogen and oxygen atoms in total. The number of aryl methyl sites for hydroxylation is 1. The van der Waals surface area contributed by atoms with Gasteiger partial charge in [-0.1, -0.05) is 42.0 Å². The number of amides is 1. The molecular formula is C22H23N3O3S. The Morgan fingerprint density at radius 1 is 0.931 bits per heavy atom. The van der Waals surface area contributed by atoms with E-state index < -0.39 is 10.0 Å². The van der Waals surface area contributed by atoms with E-state index in [0.29, 0.717) is 17.8 Å². The van der Waals surface area contributed by atoms with Crippen LogP contribution in [0.1, 0.15) is 22.8 Å². The summed E-state index contributed by atoms with van der Waals surface area (Å²) < 4.78 is 27.5. The summed E-state index contributed by atoms with van der Waals surface area (Å²) in [6.07, 6.45) is 0. The number of nitrogens with one attached hydrogen (secondary N) is 2. The van der Waals surface area contributed by atoms with E-state index in [1.807, 2.05) is 38.1 Å². The van der Waals surface area contributed by atoms with Gasteiger partial charge in [0.15, 0.2) is 0 Å². The lowest BCUT2D eigenvalue weighted by Crippen LogP contribution is -2.42. The predicted molar refractivity (Wildman–Crippen MR) is 115 cm³/mol. The van der Waals surface area contributed by atoms with Crippen LogP contribution in [-0.4, -0.2) is 20.9 Å². The first-order chi connectivity index (χ1) is 13.9. The number of carbonyl (C=O) groups excluding carboxylic acids is 1. The minimum atomic E-state index is -3.72. The van der Waals surface area contributed by atoms with Crippen LogP contribution in [0.4, 0.5) is 11.4 Å². The number of hydrazine groups is 1. The fourth-order valence-corrected chi connectivity index (χ4v) is 3.85. The van der Waals surface area contributed by atoms with Gasteiger partial charge in [-0.2, -0.15) is 0 Å². The van der Waals surface area contributed by atoms with Gasteiger partial charge in [0, 0.05) is 17.8 Å². The molecule has 0 aromatic heterocycles. The second kappa shape index (κ2) is 8.79. The lowest BCUT2D eigenvalue weighted by Gasteiger charge is -2.24. The maximum absolute atomic E-state index is 12.7. The zero-order valence-electron chi connectivity index (χ0n) is 16.3. The summed E-state index contributed by atoms with van der Waals surface area (Å²) in [6.45, 7) is 4.51. The number of hydrogen-bond donors (Lipinski definition) is 2. The van der Waals surface area contributed by atoms with E-state index in [2.05, 4.69) is 10.1 Å². The van der Waals surface area contributed by atoms with Crippen LogP contribution < -0.4 is 15.2 Å². The normalized spacial score (nSPS) is 11.0. The largest absolute Gasteiger partial charge is 0.286 e. The molecule has 0 aliphatic rings. The maximum Gasteiger partial charge on any atom is 0.269 e. The molecule has 3 rings (SSSR count). The van der Waals surface area contributed by atoms with Gasteiger partial charge in [-0.25, -0.2) is 8.42 Å². The third-order valence-electron chi connectivity index (χ3n) is 4.33. The quantitative estimate of drug-likeness (QED) is 0.579. The molecule has 0 spiro atoms. The second-order valence-corrected chi connectivity index (χ2v) is 8.20. The van der Waals surface area contributed by atoms with Crippen LogP contribution in [0.15, 0.2) is 83.8 Å². The average molecular weight is 410 g/mol. The highest BCUT2D eigenvalue weighted by Crippen LogP contribution is 2.18. The van der Waals surface area contributed by atoms with Gasteiger partial charge < -0.3 is 0 Å². The summed E-state index contributed by atoms with van der Waals surface area (Å²) in [6, 6.07) is 22.3. The molecule has 0 aliphatic heterocycles. The van der Waals surface area contributed by atoms with E-state index in [1.54, 1.807) is 41.4 Å². The standard InChI is InChI=1S/C22H23N3O3S/c1-3-25(20-14-12-17(2)13-15-20)23-22(26)18-8-7-9-19(16-18)24-29(27,28)21-10-5-4-6-11-21/h4-16,24H,3H2,1-2H3,(H,23,26). The maximum atomic E-state index is 12.7. The molecule has 0 fully saturated rings. The van der Waals surface area contributed by atoms with Gasteiger partial charge in [0.05, 0.1) is 10.6 Å². The molecule has 3 aromatic carbocycles. The SMILES string of the molecule is CCN(NC(=O)c1cccc(NS(=O)(=O)c2ccccc2)c1)c1ccc(C)cc1. The third-order valence-corrected chi connectivity index (χ3v) is 5.73. The van der Waals surface area contributed by atoms with Crippen LogP contribution in [0.3, 0.4) is 0 Å². The van der Waals surface area contributed by atoms with Gasteiger partial charge in [0.25, 0.3) is 15.9 Å². The zero-order chi connectivity index (χ0) is 20.9. The van der Waals surface area contributed by atoms with Crippen LogP contribution in [0.2, 0.25) is 0 Å². The summed E-state index contributed by atoms with van der Waals surface area (Å²) in [7, 11) is -3.72. The average Bonchev–Trinajstić information content (AvgIpc) is 2.73. The lowest BCUT2D eigenvalue weighted by atomic mass is 10.2. The van der Waals surface area contributed by atoms with Gasteiger partial charge in [0.2, 0.25) is 0 Å². The van der Waals surface area contributed by atoms with Crippen molar-refractivity contribution in [3.8, 4) is 0 Å². The van der Waals surface area contributed by atoms with Crippen LogP contribution in [0.25, 0.3) is 0 Å². The molecule has 0 bridgehead atoms. The topological polar surface area (TPSA) is 78.5 Å². The monoisotopic (exact) mass is 409 g/mol. The summed E-state index contributed by atoms with van der Waals surface area (Å²) in [5, 5.41) is 1.74. The van der Waals surface area contributed by atoms with Crippen molar-refractivity contribution in [2.24, 2.45) is 0 Å². The van der Waals surface area contributed by atoms with E-state index >= 15 is 0 Å². The summed E-state index contributed by atoms with van der Waals surface area (Å²) >= 11 is 0. The molecular weight excluding hydrogens is 386 g/mol. The molecule has 29 heavy (non-hydrogen) atoms. The molecule has 0 unspecified atom stereocenters. The number of rotatable bonds is 7. The Bertz CT molecular complexity index is 1080. The Morgan fingerprint density at radius 2 is 1.62 bits per heavy atom. The first-order valence-corrected chi connectivity index (χ1v) is 10.7. The van der Waals surface area contributed by atoms with Crippen LogP contribution in [-0.2, 0) is 10.0 Å². The van der Waals surface area contributed by atoms with Gasteiger partial charge >= 0.3 is 0 Å². The van der Waals surface area contributed by atoms with E-state index in [-0.39, 0.29) is 10.8 Å². The van der Waals surface area contributed by atoms with Gasteiger partial charge in [-0.15, -0.1) is 0 Å². The number of carbonyl (C=O) groups is 1. The molecule has 150 valence electrons. The first-order valence-electron chi connectivity index (χ1n) is 9.22. The molecule has 7 heteroatoms. The van der Waals surface area contributed by atoms with Crippen molar-refractivity contribution in [3.63, 3.8) is 0 Å². The van der Waals surface area contributed by atoms with Crippen molar-refractivity contribution in [3.05, 3.63) is 90.0 Å². The number of hydrogen-bond acceptors (Lipinski definition) is 4. The number of nitrogens with zero attached hydrogens (tertiary/aromatic N) is 1. The van der Waals surface area contributed by atoms with Crippen molar-refractivity contribution in [2.75, 3.05) is 16.3 Å². The zero-order valence-corrected chi connectivity index (χ0v) is 17.1. The van der Waals surface area contributed by atoms with Crippen molar-refractivity contribution in [1.29, 1.82) is 0 Å². The predicted octanol–water partition coefficient (Wildman–Crippen LogP) is 3.97. The van der Waals surface area contributed by atoms with E-state index in [0.717, 1.165) is 11.3 Å². The van der Waals surface area contributed by atoms with Crippen molar-refractivity contribution >= 4 is 27.3 Å². The smallest absolute Gasteiger partial charge is 0.269 e. The van der Waals surface area contributed by atoms with Gasteiger partial charge in [-0.05, 0) is 56.3 Å². The summed E-state index contributed by atoms with van der Waals surface area (Å²) in [5.74, 6) is -0.326. The third kappa shape index (κ3) is 5.14. The molecule has 2 N–H and O–H groups in total. The number of sulfonamides is 1. The van der Waals surface area contributed by atoms with Crippen molar-refractivity contribution in [2.45, 2.75) is 18.7 Å². The Kier molecular flexibility index (Phi) is 6.19. The minimum Gasteiger partial charge on any atom is -0.286 e. The first kappa shape index (κ1) is 20.4. The highest BCUT2D eigenvalue weighted by atomic mass is 32.2. The Morgan fingerprint density at radius 3 is 2.28 bits per heavy atom. The lowest BCUT2D eigenvalue weighted by molar-refractivity contribution is 0.0949. The summed E-state index contributed by atoms with van der Waals surface area (Å²) in [5.41, 5.74) is 5.53. The van der Waals surface area contributed by atoms with E-state index in [9.17, 15) is 13.2 Å². The van der Waals surface area contributed by atoms with Gasteiger partial charge in [-0.3, -0.25) is 20.0 Å². The molecule has 0 aliphatic carbocycles. The Balaban J connectivity index is 1.76. The number of benzene rings is 3. The fourth-order valence-electron chi connectivity index (χ4n) is 2.78. The van der Waals surface area contributed by atoms with Crippen LogP contribution in [0.5, 0.6) is 0 Å². The molecule has 0 saturated heterocycles. The second-order valence-electron chi connectivity index (χ2n) is 6.52. The van der Waals surface area contributed by atoms with E-state index in [1.165, 1.54) is 18.2 Å². The highest BCUT2D eigenvalue weighted by molar-refractivity contribution is 7.92. The fraction of sp³-hybridized carbons (Fsp3) is 0.136. The molecule has 0 atom stereocenters. The van der Waals surface area contributed by atoms with E-state index in [4.69, 9.17) is 0 Å². The minimum absolute atomic E-state index is 0.159. The van der Waals surface area contributed by atoms with Crippen LogP contribution in [0, 0.1) is 6.92 Å². The van der Waals surface area contributed by atoms with Crippen molar-refractivity contribution in [1.82, 2.24) is 5.43 Å². The molecule has 3 aromatic rings. The van der Waals surface area contributed by atoms with Gasteiger partial charge in [0.1, 0.15) is 0 Å². The molecule has 0 heterocycles. The molecule has 0 radical (unpaired) electrons. The summed E-state index contributed by atoms with van der Waals surface area (Å²) in [4.78, 5) is 12.9. The molecule has 0 saturated carbocycles. The molecule has 1 amide bonds. The highest BCUT2D eigenvalue weighted by Gasteiger charge is 2.15. The number of anilines is 2.